The molecule has 1 aromatic rings. The molecule has 0 amide bonds. The summed E-state index contributed by atoms with van der Waals surface area (Å²) in [4.78, 5) is 3.79. The van der Waals surface area contributed by atoms with Crippen LogP contribution in [0, 0.1) is 11.3 Å². The van der Waals surface area contributed by atoms with Crippen LogP contribution in [0.25, 0.3) is 0 Å². The van der Waals surface area contributed by atoms with Gasteiger partial charge in [0.05, 0.1) is 6.07 Å². The molecule has 0 spiro atoms. The predicted molar refractivity (Wildman–Crippen MR) is 38.4 cm³/mol. The van der Waals surface area contributed by atoms with Gasteiger partial charge in [-0.05, 0) is 17.7 Å². The molecule has 1 heterocycles. The van der Waals surface area contributed by atoms with Gasteiger partial charge in [-0.2, -0.15) is 5.26 Å². The number of aromatic nitrogens is 1. The van der Waals surface area contributed by atoms with E-state index in [1.54, 1.807) is 24.5 Å². The smallest absolute Gasteiger partial charge is 0.145 e. The van der Waals surface area contributed by atoms with Gasteiger partial charge in [-0.3, -0.25) is 4.98 Å². The highest BCUT2D eigenvalue weighted by molar-refractivity contribution is 6.22. The third-order valence-electron chi connectivity index (χ3n) is 1.11. The highest BCUT2D eigenvalue weighted by Gasteiger charge is 2.02. The summed E-state index contributed by atoms with van der Waals surface area (Å²) >= 11 is 5.60. The highest BCUT2D eigenvalue weighted by atomic mass is 35.5. The van der Waals surface area contributed by atoms with E-state index in [0.29, 0.717) is 0 Å². The van der Waals surface area contributed by atoms with Gasteiger partial charge in [-0.15, -0.1) is 11.6 Å². The number of halogens is 1. The van der Waals surface area contributed by atoms with Crippen molar-refractivity contribution in [2.75, 3.05) is 0 Å². The maximum absolute atomic E-state index is 8.39. The van der Waals surface area contributed by atoms with Crippen molar-refractivity contribution in [1.82, 2.24) is 4.98 Å². The monoisotopic (exact) mass is 152 g/mol. The van der Waals surface area contributed by atoms with Gasteiger partial charge in [-0.25, -0.2) is 0 Å². The van der Waals surface area contributed by atoms with Crippen molar-refractivity contribution in [2.24, 2.45) is 0 Å². The van der Waals surface area contributed by atoms with Crippen molar-refractivity contribution < 1.29 is 0 Å². The first-order valence-electron chi connectivity index (χ1n) is 2.78. The van der Waals surface area contributed by atoms with Crippen LogP contribution in [-0.4, -0.2) is 4.98 Å². The van der Waals surface area contributed by atoms with Crippen LogP contribution in [0.15, 0.2) is 24.5 Å². The van der Waals surface area contributed by atoms with Gasteiger partial charge in [-0.1, -0.05) is 0 Å². The Morgan fingerprint density at radius 2 is 2.10 bits per heavy atom. The number of rotatable bonds is 1. The second-order valence-corrected chi connectivity index (χ2v) is 2.21. The number of hydrogen-bond donors (Lipinski definition) is 0. The molecule has 0 radical (unpaired) electrons. The summed E-state index contributed by atoms with van der Waals surface area (Å²) in [5.74, 6) is 0. The molecule has 0 aliphatic heterocycles. The molecule has 0 N–H and O–H groups in total. The zero-order valence-corrected chi connectivity index (χ0v) is 5.92. The first kappa shape index (κ1) is 7.04. The van der Waals surface area contributed by atoms with E-state index in [9.17, 15) is 0 Å². The number of nitriles is 1. The highest BCUT2D eigenvalue weighted by Crippen LogP contribution is 2.16. The lowest BCUT2D eigenvalue weighted by Crippen LogP contribution is -1.84. The molecule has 0 fully saturated rings. The molecule has 1 unspecified atom stereocenters. The van der Waals surface area contributed by atoms with E-state index < -0.39 is 5.38 Å². The van der Waals surface area contributed by atoms with Crippen LogP contribution in [0.3, 0.4) is 0 Å². The third-order valence-corrected chi connectivity index (χ3v) is 1.46. The molecule has 1 rings (SSSR count). The molecule has 10 heavy (non-hydrogen) atoms. The lowest BCUT2D eigenvalue weighted by Gasteiger charge is -1.96. The normalized spacial score (nSPS) is 12.0. The minimum atomic E-state index is -0.553. The topological polar surface area (TPSA) is 36.7 Å². The first-order chi connectivity index (χ1) is 4.84. The Hall–Kier alpha value is -1.07. The largest absolute Gasteiger partial charge is 0.265 e. The fourth-order valence-corrected chi connectivity index (χ4v) is 0.752. The molecule has 50 valence electrons. The van der Waals surface area contributed by atoms with Crippen molar-refractivity contribution in [2.45, 2.75) is 5.38 Å². The quantitative estimate of drug-likeness (QED) is 0.577. The van der Waals surface area contributed by atoms with Crippen molar-refractivity contribution >= 4 is 11.6 Å². The van der Waals surface area contributed by atoms with E-state index in [0.717, 1.165) is 5.56 Å². The summed E-state index contributed by atoms with van der Waals surface area (Å²) in [5.41, 5.74) is 0.791. The summed E-state index contributed by atoms with van der Waals surface area (Å²) in [7, 11) is 0. The Labute approximate surface area is 64.1 Å². The van der Waals surface area contributed by atoms with E-state index in [1.807, 2.05) is 6.07 Å². The maximum Gasteiger partial charge on any atom is 0.145 e. The Bertz CT molecular complexity index is 240. The van der Waals surface area contributed by atoms with Crippen LogP contribution in [0.2, 0.25) is 0 Å². The first-order valence-corrected chi connectivity index (χ1v) is 3.22. The summed E-state index contributed by atoms with van der Waals surface area (Å²) in [6, 6.07) is 5.37. The number of alkyl halides is 1. The van der Waals surface area contributed by atoms with E-state index in [2.05, 4.69) is 4.98 Å². The number of pyridine rings is 1. The fourth-order valence-electron chi connectivity index (χ4n) is 0.607. The average Bonchev–Trinajstić information content (AvgIpc) is 2.05. The molecule has 0 bridgehead atoms. The summed E-state index contributed by atoms with van der Waals surface area (Å²) < 4.78 is 0. The molecule has 3 heteroatoms. The predicted octanol–water partition coefficient (Wildman–Crippen LogP) is 1.89. The molecule has 1 atom stereocenters. The second kappa shape index (κ2) is 3.19. The zero-order valence-electron chi connectivity index (χ0n) is 5.16. The van der Waals surface area contributed by atoms with Gasteiger partial charge < -0.3 is 0 Å². The van der Waals surface area contributed by atoms with Gasteiger partial charge in [0.25, 0.3) is 0 Å². The van der Waals surface area contributed by atoms with Gasteiger partial charge in [0, 0.05) is 12.4 Å². The Morgan fingerprint density at radius 1 is 1.50 bits per heavy atom. The molecule has 0 saturated heterocycles. The lowest BCUT2D eigenvalue weighted by molar-refractivity contribution is 1.18. The fraction of sp³-hybridized carbons (Fsp3) is 0.143. The lowest BCUT2D eigenvalue weighted by atomic mass is 10.2. The van der Waals surface area contributed by atoms with Gasteiger partial charge in [0.15, 0.2) is 0 Å². The van der Waals surface area contributed by atoms with Gasteiger partial charge in [0.1, 0.15) is 5.38 Å². The number of nitrogens with zero attached hydrogens (tertiary/aromatic N) is 2. The molecule has 0 aliphatic rings. The molecule has 1 aromatic heterocycles. The number of hydrogen-bond acceptors (Lipinski definition) is 2. The molecular weight excluding hydrogens is 148 g/mol. The standard InChI is InChI=1S/C7H5ClN2/c8-7(5-9)6-1-3-10-4-2-6/h1-4,7H. The molecule has 0 aromatic carbocycles. The summed E-state index contributed by atoms with van der Waals surface area (Å²) in [5, 5.41) is 7.83. The summed E-state index contributed by atoms with van der Waals surface area (Å²) in [6.07, 6.45) is 3.23. The Morgan fingerprint density at radius 3 is 2.60 bits per heavy atom. The van der Waals surface area contributed by atoms with Crippen molar-refractivity contribution in [1.29, 1.82) is 5.26 Å². The van der Waals surface area contributed by atoms with Crippen LogP contribution in [-0.2, 0) is 0 Å². The minimum Gasteiger partial charge on any atom is -0.265 e. The van der Waals surface area contributed by atoms with Gasteiger partial charge >= 0.3 is 0 Å². The SMILES string of the molecule is N#CC(Cl)c1ccncc1. The molecular formula is C7H5ClN2. The Balaban J connectivity index is 2.88. The van der Waals surface area contributed by atoms with Crippen LogP contribution < -0.4 is 0 Å². The van der Waals surface area contributed by atoms with E-state index in [-0.39, 0.29) is 0 Å². The molecule has 0 aliphatic carbocycles. The van der Waals surface area contributed by atoms with Gasteiger partial charge in [0.2, 0.25) is 0 Å². The van der Waals surface area contributed by atoms with E-state index >= 15 is 0 Å². The van der Waals surface area contributed by atoms with Crippen molar-refractivity contribution in [3.05, 3.63) is 30.1 Å². The third kappa shape index (κ3) is 1.46. The Kier molecular flexibility index (Phi) is 2.24. The minimum absolute atomic E-state index is 0.553. The van der Waals surface area contributed by atoms with E-state index in [4.69, 9.17) is 16.9 Å². The van der Waals surface area contributed by atoms with Crippen LogP contribution >= 0.6 is 11.6 Å². The van der Waals surface area contributed by atoms with Crippen molar-refractivity contribution in [3.63, 3.8) is 0 Å². The molecule has 0 saturated carbocycles. The van der Waals surface area contributed by atoms with Crippen LogP contribution in [0.1, 0.15) is 10.9 Å². The molecule has 2 nitrogen and oxygen atoms in total. The van der Waals surface area contributed by atoms with Crippen molar-refractivity contribution in [3.8, 4) is 6.07 Å². The van der Waals surface area contributed by atoms with Crippen LogP contribution in [0.4, 0.5) is 0 Å². The maximum atomic E-state index is 8.39. The second-order valence-electron chi connectivity index (χ2n) is 1.77. The average molecular weight is 153 g/mol. The van der Waals surface area contributed by atoms with Crippen LogP contribution in [0.5, 0.6) is 0 Å². The van der Waals surface area contributed by atoms with E-state index in [1.165, 1.54) is 0 Å². The summed E-state index contributed by atoms with van der Waals surface area (Å²) in [6.45, 7) is 0. The zero-order chi connectivity index (χ0) is 7.40.